The molecule has 2 aliphatic heterocycles. The van der Waals surface area contributed by atoms with Gasteiger partial charge in [-0.1, -0.05) is 0 Å². The first-order valence-electron chi connectivity index (χ1n) is 11.8. The number of amides is 2. The molecule has 5 unspecified atom stereocenters. The van der Waals surface area contributed by atoms with E-state index in [1.54, 1.807) is 0 Å². The Hall–Kier alpha value is -1.61. The van der Waals surface area contributed by atoms with Crippen LogP contribution >= 0.6 is 0 Å². The number of hydrogen-bond acceptors (Lipinski definition) is 7. The molecule has 2 bridgehead atoms. The van der Waals surface area contributed by atoms with Gasteiger partial charge in [0, 0.05) is 18.5 Å². The van der Waals surface area contributed by atoms with Gasteiger partial charge in [0.15, 0.2) is 0 Å². The number of hydrogen-bond donors (Lipinski definition) is 3. The monoisotopic (exact) mass is 513 g/mol. The van der Waals surface area contributed by atoms with Crippen molar-refractivity contribution in [2.75, 3.05) is 13.2 Å². The fourth-order valence-corrected chi connectivity index (χ4v) is 6.10. The fourth-order valence-electron chi connectivity index (χ4n) is 6.10. The molecule has 3 N–H and O–H groups in total. The van der Waals surface area contributed by atoms with Crippen molar-refractivity contribution in [3.05, 3.63) is 0 Å². The van der Waals surface area contributed by atoms with Gasteiger partial charge >= 0.3 is 12.7 Å². The molecule has 35 heavy (non-hydrogen) atoms. The molecule has 4 aliphatic carbocycles. The Bertz CT molecular complexity index is 830. The van der Waals surface area contributed by atoms with Crippen LogP contribution in [-0.2, 0) is 28.5 Å². The van der Waals surface area contributed by atoms with E-state index in [9.17, 15) is 31.5 Å². The summed E-state index contributed by atoms with van der Waals surface area (Å²) in [6, 6.07) is 0. The number of nitrogens with one attached hydrogen (secondary N) is 3. The minimum absolute atomic E-state index is 0.0125. The lowest BCUT2D eigenvalue weighted by Crippen LogP contribution is -2.79. The summed E-state index contributed by atoms with van der Waals surface area (Å²) >= 11 is 0. The molecule has 198 valence electrons. The average Bonchev–Trinajstić information content (AvgIpc) is 3.01. The van der Waals surface area contributed by atoms with Crippen LogP contribution in [0.3, 0.4) is 0 Å². The van der Waals surface area contributed by atoms with Gasteiger partial charge < -0.3 is 15.4 Å². The number of ether oxygens (including phenoxy) is 4. The molecule has 0 radical (unpaired) electrons. The van der Waals surface area contributed by atoms with Gasteiger partial charge in [-0.05, 0) is 44.9 Å². The predicted octanol–water partition coefficient (Wildman–Crippen LogP) is 1.66. The molecule has 2 heterocycles. The number of piperidine rings is 1. The van der Waals surface area contributed by atoms with Crippen molar-refractivity contribution in [3.8, 4) is 0 Å². The summed E-state index contributed by atoms with van der Waals surface area (Å²) in [5.74, 6) is -0.510. The molecular weight excluding hydrogens is 485 g/mol. The largest absolute Gasteiger partial charge is 0.522 e. The summed E-state index contributed by atoms with van der Waals surface area (Å²) in [4.78, 5) is 25.0. The van der Waals surface area contributed by atoms with Crippen molar-refractivity contribution in [1.82, 2.24) is 16.0 Å². The minimum Gasteiger partial charge on any atom is -0.368 e. The normalized spacial score (nSPS) is 41.8. The Balaban J connectivity index is 0.986. The Morgan fingerprint density at radius 2 is 1.69 bits per heavy atom. The van der Waals surface area contributed by atoms with E-state index >= 15 is 0 Å². The zero-order valence-electron chi connectivity index (χ0n) is 18.8. The zero-order chi connectivity index (χ0) is 25.1. The van der Waals surface area contributed by atoms with Crippen LogP contribution in [0, 0.1) is 5.41 Å². The lowest BCUT2D eigenvalue weighted by molar-refractivity contribution is -0.351. The van der Waals surface area contributed by atoms with Crippen LogP contribution < -0.4 is 16.0 Å². The quantitative estimate of drug-likeness (QED) is 0.445. The van der Waals surface area contributed by atoms with Gasteiger partial charge in [0.1, 0.15) is 6.61 Å². The summed E-state index contributed by atoms with van der Waals surface area (Å²) in [5.41, 5.74) is -1.02. The highest BCUT2D eigenvalue weighted by Gasteiger charge is 2.72. The predicted molar refractivity (Wildman–Crippen MR) is 106 cm³/mol. The average molecular weight is 513 g/mol. The van der Waals surface area contributed by atoms with E-state index in [-0.39, 0.29) is 43.9 Å². The third-order valence-electron chi connectivity index (χ3n) is 7.60. The van der Waals surface area contributed by atoms with Crippen molar-refractivity contribution in [2.24, 2.45) is 5.41 Å². The maximum atomic E-state index is 13.2. The van der Waals surface area contributed by atoms with Crippen LogP contribution in [0.4, 0.5) is 22.0 Å². The molecule has 0 spiro atoms. The van der Waals surface area contributed by atoms with Gasteiger partial charge in [0.25, 0.3) is 0 Å². The Morgan fingerprint density at radius 3 is 2.34 bits per heavy atom. The SMILES string of the molecule is O=C(COC1CCC2OC(F)(F)OC2C1)NC12CC(C(=O)NC3CCC(OC(F)(F)F)CN3)(C1)C2. The van der Waals surface area contributed by atoms with E-state index in [0.717, 1.165) is 0 Å². The molecule has 5 atom stereocenters. The maximum Gasteiger partial charge on any atom is 0.522 e. The first-order valence-corrected chi connectivity index (χ1v) is 11.8. The van der Waals surface area contributed by atoms with E-state index in [1.165, 1.54) is 0 Å². The lowest BCUT2D eigenvalue weighted by Gasteiger charge is -2.69. The second kappa shape index (κ2) is 8.75. The number of halogens is 5. The van der Waals surface area contributed by atoms with Crippen LogP contribution in [0.2, 0.25) is 0 Å². The molecule has 2 saturated heterocycles. The summed E-state index contributed by atoms with van der Waals surface area (Å²) in [6.45, 7) is -0.227. The summed E-state index contributed by atoms with van der Waals surface area (Å²) < 4.78 is 82.1. The topological polar surface area (TPSA) is 107 Å². The first kappa shape index (κ1) is 25.1. The third-order valence-corrected chi connectivity index (χ3v) is 7.60. The van der Waals surface area contributed by atoms with E-state index in [1.807, 2.05) is 0 Å². The van der Waals surface area contributed by atoms with Crippen LogP contribution in [-0.4, -0.2) is 73.7 Å². The van der Waals surface area contributed by atoms with Crippen molar-refractivity contribution in [2.45, 2.75) is 100 Å². The molecule has 14 heteroatoms. The molecule has 6 aliphatic rings. The molecule has 6 fully saturated rings. The summed E-state index contributed by atoms with van der Waals surface area (Å²) in [5, 5.41) is 8.62. The molecule has 4 saturated carbocycles. The Morgan fingerprint density at radius 1 is 1.00 bits per heavy atom. The van der Waals surface area contributed by atoms with Gasteiger partial charge in [0.05, 0.1) is 36.0 Å². The fraction of sp³-hybridized carbons (Fsp3) is 0.905. The van der Waals surface area contributed by atoms with E-state index in [4.69, 9.17) is 4.74 Å². The number of rotatable bonds is 7. The lowest BCUT2D eigenvalue weighted by atomic mass is 9.39. The highest BCUT2D eigenvalue weighted by molar-refractivity contribution is 5.89. The summed E-state index contributed by atoms with van der Waals surface area (Å²) in [7, 11) is 0. The maximum absolute atomic E-state index is 13.2. The van der Waals surface area contributed by atoms with Crippen molar-refractivity contribution >= 4 is 11.8 Å². The first-order chi connectivity index (χ1) is 16.3. The number of fused-ring (bicyclic) bond motifs is 1. The van der Waals surface area contributed by atoms with Crippen molar-refractivity contribution in [1.29, 1.82) is 0 Å². The van der Waals surface area contributed by atoms with Crippen LogP contribution in [0.1, 0.15) is 51.4 Å². The van der Waals surface area contributed by atoms with Gasteiger partial charge in [-0.3, -0.25) is 29.1 Å². The molecule has 0 aromatic rings. The molecule has 0 aromatic heterocycles. The highest BCUT2D eigenvalue weighted by atomic mass is 19.4. The number of alkyl halides is 5. The van der Waals surface area contributed by atoms with Crippen molar-refractivity contribution < 1.29 is 50.5 Å². The van der Waals surface area contributed by atoms with E-state index in [2.05, 4.69) is 30.2 Å². The Labute approximate surface area is 197 Å². The van der Waals surface area contributed by atoms with E-state index in [0.29, 0.717) is 38.5 Å². The standard InChI is InChI=1S/C21H28F5N3O6/c22-20(23,24)33-12-2-4-15(27-6-12)28-17(31)18-8-19(9-18,10-18)29-16(30)7-32-11-1-3-13-14(5-11)35-21(25,26)34-13/h11-15,27H,1-10H2,(H,28,31)(H,29,30). The van der Waals surface area contributed by atoms with Gasteiger partial charge in [0.2, 0.25) is 11.8 Å². The van der Waals surface area contributed by atoms with E-state index < -0.39 is 48.1 Å². The van der Waals surface area contributed by atoms with Crippen LogP contribution in [0.5, 0.6) is 0 Å². The molecule has 0 aromatic carbocycles. The van der Waals surface area contributed by atoms with Crippen LogP contribution in [0.15, 0.2) is 0 Å². The molecule has 6 rings (SSSR count). The third kappa shape index (κ3) is 5.41. The minimum atomic E-state index is -4.69. The van der Waals surface area contributed by atoms with Gasteiger partial charge in [-0.25, -0.2) is 0 Å². The summed E-state index contributed by atoms with van der Waals surface area (Å²) in [6.07, 6.45) is -8.46. The highest BCUT2D eigenvalue weighted by Crippen LogP contribution is 2.67. The smallest absolute Gasteiger partial charge is 0.368 e. The zero-order valence-corrected chi connectivity index (χ0v) is 18.8. The number of carbonyl (C=O) groups is 2. The second-order valence-corrected chi connectivity index (χ2v) is 10.4. The van der Waals surface area contributed by atoms with Crippen molar-refractivity contribution in [3.63, 3.8) is 0 Å². The molecule has 2 amide bonds. The van der Waals surface area contributed by atoms with Gasteiger partial charge in [-0.2, -0.15) is 0 Å². The molecule has 9 nitrogen and oxygen atoms in total. The van der Waals surface area contributed by atoms with Gasteiger partial charge in [-0.15, -0.1) is 22.0 Å². The second-order valence-electron chi connectivity index (χ2n) is 10.4. The Kier molecular flexibility index (Phi) is 6.27. The molecular formula is C21H28F5N3O6. The van der Waals surface area contributed by atoms with Crippen LogP contribution in [0.25, 0.3) is 0 Å². The number of carbonyl (C=O) groups excluding carboxylic acids is 2.